The molecular formula is C29H33F3N6O6. The number of ether oxygens (including phenoxy) is 2. The summed E-state index contributed by atoms with van der Waals surface area (Å²) >= 11 is 0. The zero-order valence-electron chi connectivity index (χ0n) is 24.2. The van der Waals surface area contributed by atoms with Crippen molar-refractivity contribution in [3.63, 3.8) is 0 Å². The van der Waals surface area contributed by atoms with Gasteiger partial charge in [0.2, 0.25) is 0 Å². The molecular weight excluding hydrogens is 585 g/mol. The van der Waals surface area contributed by atoms with Crippen molar-refractivity contribution in [1.82, 2.24) is 20.4 Å². The van der Waals surface area contributed by atoms with Crippen molar-refractivity contribution < 1.29 is 41.8 Å². The number of urea groups is 2. The number of imide groups is 1. The SMILES string of the molecule is COCC1=C(C(=O)OC)C(c2cc(F)c(F)cc2F)N(C(=O)NCCCN2CCN(c3ccccc3C(N)=O)CC2)C(=O)N1. The number of piperazine rings is 1. The van der Waals surface area contributed by atoms with E-state index in [1.54, 1.807) is 12.1 Å². The highest BCUT2D eigenvalue weighted by Gasteiger charge is 2.44. The quantitative estimate of drug-likeness (QED) is 0.209. The molecule has 2 heterocycles. The Labute approximate surface area is 251 Å². The zero-order valence-corrected chi connectivity index (χ0v) is 24.2. The fraction of sp³-hybridized carbons (Fsp3) is 0.379. The number of benzene rings is 2. The lowest BCUT2D eigenvalue weighted by atomic mass is 9.93. The van der Waals surface area contributed by atoms with E-state index in [0.717, 1.165) is 12.8 Å². The predicted octanol–water partition coefficient (Wildman–Crippen LogP) is 2.26. The third-order valence-electron chi connectivity index (χ3n) is 7.39. The summed E-state index contributed by atoms with van der Waals surface area (Å²) in [6.07, 6.45) is 0.470. The molecule has 44 heavy (non-hydrogen) atoms. The summed E-state index contributed by atoms with van der Waals surface area (Å²) in [5.74, 6) is -5.75. The normalized spacial score (nSPS) is 17.4. The summed E-state index contributed by atoms with van der Waals surface area (Å²) in [6.45, 7) is 3.03. The Hall–Kier alpha value is -4.63. The van der Waals surface area contributed by atoms with Gasteiger partial charge in [-0.2, -0.15) is 0 Å². The van der Waals surface area contributed by atoms with Crippen molar-refractivity contribution >= 4 is 29.6 Å². The van der Waals surface area contributed by atoms with E-state index in [1.165, 1.54) is 7.11 Å². The fourth-order valence-electron chi connectivity index (χ4n) is 5.28. The summed E-state index contributed by atoms with van der Waals surface area (Å²) in [6, 6.07) is 4.06. The van der Waals surface area contributed by atoms with Crippen molar-refractivity contribution in [3.8, 4) is 0 Å². The van der Waals surface area contributed by atoms with Crippen LogP contribution in [0.1, 0.15) is 28.4 Å². The van der Waals surface area contributed by atoms with Crippen LogP contribution in [0.25, 0.3) is 0 Å². The maximum Gasteiger partial charge on any atom is 0.338 e. The second-order valence-electron chi connectivity index (χ2n) is 10.1. The Balaban J connectivity index is 1.44. The summed E-state index contributed by atoms with van der Waals surface area (Å²) in [5.41, 5.74) is 5.59. The number of para-hydroxylation sites is 1. The summed E-state index contributed by atoms with van der Waals surface area (Å²) in [4.78, 5) is 55.8. The Kier molecular flexibility index (Phi) is 10.4. The lowest BCUT2D eigenvalue weighted by Gasteiger charge is -2.37. The molecule has 2 aliphatic heterocycles. The van der Waals surface area contributed by atoms with Gasteiger partial charge < -0.3 is 30.7 Å². The van der Waals surface area contributed by atoms with Gasteiger partial charge in [-0.3, -0.25) is 9.69 Å². The molecule has 0 spiro atoms. The first kappa shape index (κ1) is 32.3. The van der Waals surface area contributed by atoms with Crippen LogP contribution < -0.4 is 21.3 Å². The van der Waals surface area contributed by atoms with Crippen LogP contribution in [-0.2, 0) is 14.3 Å². The van der Waals surface area contributed by atoms with E-state index in [9.17, 15) is 28.0 Å². The van der Waals surface area contributed by atoms with Crippen molar-refractivity contribution in [1.29, 1.82) is 0 Å². The minimum atomic E-state index is -1.78. The minimum absolute atomic E-state index is 0.0997. The Morgan fingerprint density at radius 3 is 2.36 bits per heavy atom. The number of nitrogens with one attached hydrogen (secondary N) is 2. The maximum absolute atomic E-state index is 15.0. The first-order valence-electron chi connectivity index (χ1n) is 13.8. The maximum atomic E-state index is 15.0. The van der Waals surface area contributed by atoms with Gasteiger partial charge in [-0.15, -0.1) is 0 Å². The van der Waals surface area contributed by atoms with Gasteiger partial charge in [-0.05, 0) is 31.2 Å². The number of anilines is 1. The van der Waals surface area contributed by atoms with Gasteiger partial charge in [-0.25, -0.2) is 32.5 Å². The number of carbonyl (C=O) groups excluding carboxylic acids is 4. The molecule has 236 valence electrons. The average Bonchev–Trinajstić information content (AvgIpc) is 3.00. The lowest BCUT2D eigenvalue weighted by Crippen LogP contribution is -2.55. The standard InChI is InChI=1S/C29H33F3N6O6/c1-43-16-22-24(27(40)44-2)25(18-14-20(31)21(32)15-19(18)30)38(29(42)35-22)28(41)34-8-5-9-36-10-12-37(13-11-36)23-7-4-3-6-17(23)26(33)39/h3-4,6-7,14-15,25H,5,8-13,16H2,1-2H3,(H2,33,39)(H,34,41)(H,35,42). The number of methoxy groups -OCH3 is 2. The van der Waals surface area contributed by atoms with E-state index in [4.69, 9.17) is 15.2 Å². The van der Waals surface area contributed by atoms with Crippen LogP contribution in [0.2, 0.25) is 0 Å². The minimum Gasteiger partial charge on any atom is -0.466 e. The average molecular weight is 619 g/mol. The van der Waals surface area contributed by atoms with E-state index in [-0.39, 0.29) is 30.5 Å². The molecule has 4 rings (SSSR count). The van der Waals surface area contributed by atoms with E-state index < -0.39 is 53.0 Å². The predicted molar refractivity (Wildman–Crippen MR) is 152 cm³/mol. The van der Waals surface area contributed by atoms with Gasteiger partial charge in [0.15, 0.2) is 11.6 Å². The monoisotopic (exact) mass is 618 g/mol. The second kappa shape index (κ2) is 14.2. The number of carbonyl (C=O) groups is 4. The highest BCUT2D eigenvalue weighted by molar-refractivity contribution is 6.02. The number of esters is 1. The number of hydrogen-bond acceptors (Lipinski definition) is 8. The first-order chi connectivity index (χ1) is 21.1. The molecule has 0 bridgehead atoms. The molecule has 5 amide bonds. The van der Waals surface area contributed by atoms with Gasteiger partial charge in [0, 0.05) is 57.2 Å². The number of halogens is 3. The molecule has 2 aromatic rings. The third-order valence-corrected chi connectivity index (χ3v) is 7.39. The van der Waals surface area contributed by atoms with Crippen LogP contribution in [0.4, 0.5) is 28.4 Å². The van der Waals surface area contributed by atoms with Crippen LogP contribution in [0.5, 0.6) is 0 Å². The van der Waals surface area contributed by atoms with Crippen molar-refractivity contribution in [3.05, 3.63) is 76.2 Å². The number of hydrogen-bond donors (Lipinski definition) is 3. The molecule has 4 N–H and O–H groups in total. The fourth-order valence-corrected chi connectivity index (χ4v) is 5.28. The Morgan fingerprint density at radius 2 is 1.70 bits per heavy atom. The highest BCUT2D eigenvalue weighted by Crippen LogP contribution is 2.36. The highest BCUT2D eigenvalue weighted by atomic mass is 19.2. The van der Waals surface area contributed by atoms with Crippen molar-refractivity contribution in [2.45, 2.75) is 12.5 Å². The smallest absolute Gasteiger partial charge is 0.338 e. The molecule has 1 saturated heterocycles. The van der Waals surface area contributed by atoms with Gasteiger partial charge in [-0.1, -0.05) is 12.1 Å². The molecule has 2 aromatic carbocycles. The van der Waals surface area contributed by atoms with Gasteiger partial charge >= 0.3 is 18.0 Å². The summed E-state index contributed by atoms with van der Waals surface area (Å²) < 4.78 is 52.9. The zero-order chi connectivity index (χ0) is 32.0. The van der Waals surface area contributed by atoms with Crippen LogP contribution in [0.15, 0.2) is 47.7 Å². The van der Waals surface area contributed by atoms with Gasteiger partial charge in [0.25, 0.3) is 5.91 Å². The number of nitrogens with two attached hydrogens (primary N) is 1. The van der Waals surface area contributed by atoms with Gasteiger partial charge in [0.1, 0.15) is 11.9 Å². The summed E-state index contributed by atoms with van der Waals surface area (Å²) in [7, 11) is 2.32. The molecule has 0 radical (unpaired) electrons. The van der Waals surface area contributed by atoms with Crippen LogP contribution in [-0.4, -0.2) is 93.8 Å². The number of rotatable bonds is 10. The molecule has 1 fully saturated rings. The van der Waals surface area contributed by atoms with E-state index in [2.05, 4.69) is 20.4 Å². The molecule has 12 nitrogen and oxygen atoms in total. The molecule has 1 unspecified atom stereocenters. The van der Waals surface area contributed by atoms with E-state index in [1.807, 2.05) is 12.1 Å². The Bertz CT molecular complexity index is 1460. The van der Waals surface area contributed by atoms with Crippen molar-refractivity contribution in [2.75, 3.05) is 65.0 Å². The second-order valence-corrected chi connectivity index (χ2v) is 10.1. The van der Waals surface area contributed by atoms with E-state index in [0.29, 0.717) is 55.7 Å². The van der Waals surface area contributed by atoms with Crippen LogP contribution in [0, 0.1) is 17.5 Å². The van der Waals surface area contributed by atoms with Crippen LogP contribution in [0.3, 0.4) is 0 Å². The van der Waals surface area contributed by atoms with Crippen molar-refractivity contribution in [2.24, 2.45) is 5.73 Å². The molecule has 0 aromatic heterocycles. The molecule has 15 heteroatoms. The van der Waals surface area contributed by atoms with E-state index >= 15 is 4.39 Å². The largest absolute Gasteiger partial charge is 0.466 e. The molecule has 0 aliphatic carbocycles. The third kappa shape index (κ3) is 6.94. The molecule has 0 saturated carbocycles. The van der Waals surface area contributed by atoms with Gasteiger partial charge in [0.05, 0.1) is 30.6 Å². The van der Waals surface area contributed by atoms with Crippen LogP contribution >= 0.6 is 0 Å². The first-order valence-corrected chi connectivity index (χ1v) is 13.8. The Morgan fingerprint density at radius 1 is 1.02 bits per heavy atom. The molecule has 2 aliphatic rings. The number of amides is 5. The number of primary amides is 1. The molecule has 1 atom stereocenters. The lowest BCUT2D eigenvalue weighted by molar-refractivity contribution is -0.137. The summed E-state index contributed by atoms with van der Waals surface area (Å²) in [5, 5.41) is 4.97. The topological polar surface area (TPSA) is 147 Å². The number of nitrogens with zero attached hydrogens (tertiary/aromatic N) is 3.